The van der Waals surface area contributed by atoms with Crippen LogP contribution >= 0.6 is 11.3 Å². The van der Waals surface area contributed by atoms with Crippen LogP contribution in [0.15, 0.2) is 11.4 Å². The number of carbonyl (C=O) groups is 1. The van der Waals surface area contributed by atoms with E-state index in [1.807, 2.05) is 39.1 Å². The van der Waals surface area contributed by atoms with Crippen LogP contribution in [0, 0.1) is 12.8 Å². The van der Waals surface area contributed by atoms with Crippen LogP contribution in [-0.2, 0) is 4.74 Å². The molecule has 1 fully saturated rings. The number of aliphatic hydroxyl groups is 1. The van der Waals surface area contributed by atoms with Gasteiger partial charge in [-0.15, -0.1) is 11.3 Å². The number of hydrogen-bond acceptors (Lipinski definition) is 4. The van der Waals surface area contributed by atoms with Gasteiger partial charge in [0.25, 0.3) is 0 Å². The smallest absolute Gasteiger partial charge is 0.410 e. The molecule has 2 heterocycles. The number of ether oxygens (including phenoxy) is 1. The largest absolute Gasteiger partial charge is 0.444 e. The van der Waals surface area contributed by atoms with E-state index < -0.39 is 11.7 Å². The number of rotatable bonds is 2. The molecule has 1 aliphatic heterocycles. The van der Waals surface area contributed by atoms with E-state index in [2.05, 4.69) is 0 Å². The van der Waals surface area contributed by atoms with Crippen LogP contribution in [0.1, 0.15) is 43.7 Å². The number of aliphatic hydroxyl groups excluding tert-OH is 1. The standard InChI is InChI=1S/C15H23NO3S/c1-10-12(6-8-20-10)13(17)11-5-7-16(9-11)14(18)19-15(2,3)4/h6,8,11,13,17H,5,7,9H2,1-4H3. The minimum absolute atomic E-state index is 0.0934. The molecule has 0 saturated carbocycles. The summed E-state index contributed by atoms with van der Waals surface area (Å²) < 4.78 is 5.37. The second-order valence-corrected chi connectivity index (χ2v) is 7.47. The van der Waals surface area contributed by atoms with E-state index in [9.17, 15) is 9.90 Å². The summed E-state index contributed by atoms with van der Waals surface area (Å²) in [4.78, 5) is 14.8. The van der Waals surface area contributed by atoms with Crippen LogP contribution in [0.5, 0.6) is 0 Å². The van der Waals surface area contributed by atoms with Crippen LogP contribution in [0.3, 0.4) is 0 Å². The summed E-state index contributed by atoms with van der Waals surface area (Å²) in [5, 5.41) is 12.4. The van der Waals surface area contributed by atoms with Gasteiger partial charge >= 0.3 is 6.09 Å². The monoisotopic (exact) mass is 297 g/mol. The van der Waals surface area contributed by atoms with Gasteiger partial charge in [-0.25, -0.2) is 4.79 Å². The Bertz CT molecular complexity index is 478. The lowest BCUT2D eigenvalue weighted by Gasteiger charge is -2.25. The summed E-state index contributed by atoms with van der Waals surface area (Å²) in [5.41, 5.74) is 0.517. The molecule has 1 aromatic rings. The van der Waals surface area contributed by atoms with Crippen LogP contribution in [0.4, 0.5) is 4.79 Å². The summed E-state index contributed by atoms with van der Waals surface area (Å²) in [7, 11) is 0. The second-order valence-electron chi connectivity index (χ2n) is 6.35. The Morgan fingerprint density at radius 1 is 1.55 bits per heavy atom. The maximum Gasteiger partial charge on any atom is 0.410 e. The third kappa shape index (κ3) is 3.52. The molecule has 20 heavy (non-hydrogen) atoms. The first-order chi connectivity index (χ1) is 9.28. The van der Waals surface area contributed by atoms with Crippen molar-refractivity contribution in [2.24, 2.45) is 5.92 Å². The van der Waals surface area contributed by atoms with E-state index in [1.54, 1.807) is 16.2 Å². The van der Waals surface area contributed by atoms with Crippen molar-refractivity contribution in [3.05, 3.63) is 21.9 Å². The molecule has 1 saturated heterocycles. The first-order valence-electron chi connectivity index (χ1n) is 6.98. The number of likely N-dealkylation sites (tertiary alicyclic amines) is 1. The summed E-state index contributed by atoms with van der Waals surface area (Å²) in [6.45, 7) is 8.82. The third-order valence-corrected chi connectivity index (χ3v) is 4.40. The van der Waals surface area contributed by atoms with Crippen molar-refractivity contribution >= 4 is 17.4 Å². The molecule has 1 aromatic heterocycles. The summed E-state index contributed by atoms with van der Waals surface area (Å²) >= 11 is 1.64. The summed E-state index contributed by atoms with van der Waals surface area (Å²) in [5.74, 6) is 0.0934. The van der Waals surface area contributed by atoms with E-state index in [-0.39, 0.29) is 12.0 Å². The fraction of sp³-hybridized carbons (Fsp3) is 0.667. The van der Waals surface area contributed by atoms with Crippen molar-refractivity contribution in [2.45, 2.75) is 45.8 Å². The lowest BCUT2D eigenvalue weighted by molar-refractivity contribution is 0.0268. The number of carbonyl (C=O) groups excluding carboxylic acids is 1. The first-order valence-corrected chi connectivity index (χ1v) is 7.86. The molecule has 1 amide bonds. The molecule has 0 radical (unpaired) electrons. The van der Waals surface area contributed by atoms with Gasteiger partial charge in [0.2, 0.25) is 0 Å². The van der Waals surface area contributed by atoms with E-state index in [1.165, 1.54) is 0 Å². The Kier molecular flexibility index (Phi) is 4.39. The average molecular weight is 297 g/mol. The lowest BCUT2D eigenvalue weighted by Crippen LogP contribution is -2.35. The SMILES string of the molecule is Cc1sccc1C(O)C1CCN(C(=O)OC(C)(C)C)C1. The minimum Gasteiger partial charge on any atom is -0.444 e. The van der Waals surface area contributed by atoms with Gasteiger partial charge in [-0.1, -0.05) is 0 Å². The molecular formula is C15H23NO3S. The molecule has 0 aliphatic carbocycles. The Morgan fingerprint density at radius 3 is 2.80 bits per heavy atom. The van der Waals surface area contributed by atoms with Crippen LogP contribution in [-0.4, -0.2) is 34.8 Å². The van der Waals surface area contributed by atoms with Gasteiger partial charge < -0.3 is 14.7 Å². The molecule has 2 rings (SSSR count). The Labute approximate surface area is 124 Å². The Balaban J connectivity index is 1.95. The summed E-state index contributed by atoms with van der Waals surface area (Å²) in [6, 6.07) is 1.97. The number of nitrogens with zero attached hydrogens (tertiary/aromatic N) is 1. The number of aryl methyl sites for hydroxylation is 1. The zero-order valence-electron chi connectivity index (χ0n) is 12.5. The molecule has 4 nitrogen and oxygen atoms in total. The molecule has 1 N–H and O–H groups in total. The third-order valence-electron chi connectivity index (χ3n) is 3.54. The number of hydrogen-bond donors (Lipinski definition) is 1. The average Bonchev–Trinajstić information content (AvgIpc) is 2.94. The van der Waals surface area contributed by atoms with Gasteiger partial charge in [-0.05, 0) is 51.1 Å². The molecule has 2 unspecified atom stereocenters. The maximum atomic E-state index is 12.0. The Morgan fingerprint density at radius 2 is 2.25 bits per heavy atom. The highest BCUT2D eigenvalue weighted by Crippen LogP contribution is 2.33. The zero-order valence-corrected chi connectivity index (χ0v) is 13.4. The molecule has 0 aromatic carbocycles. The topological polar surface area (TPSA) is 49.8 Å². The van der Waals surface area contributed by atoms with Crippen molar-refractivity contribution in [1.29, 1.82) is 0 Å². The Hall–Kier alpha value is -1.07. The first kappa shape index (κ1) is 15.3. The van der Waals surface area contributed by atoms with Crippen molar-refractivity contribution in [1.82, 2.24) is 4.90 Å². The fourth-order valence-electron chi connectivity index (χ4n) is 2.49. The van der Waals surface area contributed by atoms with Crippen molar-refractivity contribution < 1.29 is 14.6 Å². The van der Waals surface area contributed by atoms with Gasteiger partial charge in [0.15, 0.2) is 0 Å². The van der Waals surface area contributed by atoms with Gasteiger partial charge in [0.05, 0.1) is 6.10 Å². The lowest BCUT2D eigenvalue weighted by atomic mass is 9.96. The predicted molar refractivity (Wildman–Crippen MR) is 79.9 cm³/mol. The fourth-order valence-corrected chi connectivity index (χ4v) is 3.24. The second kappa shape index (κ2) is 5.74. The quantitative estimate of drug-likeness (QED) is 0.910. The highest BCUT2D eigenvalue weighted by Gasteiger charge is 2.34. The van der Waals surface area contributed by atoms with Gasteiger partial charge in [0, 0.05) is 23.9 Å². The van der Waals surface area contributed by atoms with Crippen molar-refractivity contribution in [2.75, 3.05) is 13.1 Å². The van der Waals surface area contributed by atoms with Crippen LogP contribution in [0.2, 0.25) is 0 Å². The highest BCUT2D eigenvalue weighted by atomic mass is 32.1. The van der Waals surface area contributed by atoms with Crippen molar-refractivity contribution in [3.63, 3.8) is 0 Å². The predicted octanol–water partition coefficient (Wildman–Crippen LogP) is 3.35. The number of amides is 1. The van der Waals surface area contributed by atoms with E-state index in [0.717, 1.165) is 16.9 Å². The molecule has 2 atom stereocenters. The number of thiophene rings is 1. The summed E-state index contributed by atoms with van der Waals surface area (Å²) in [6.07, 6.45) is 0.0401. The molecule has 112 valence electrons. The van der Waals surface area contributed by atoms with E-state index in [0.29, 0.717) is 13.1 Å². The molecular weight excluding hydrogens is 274 g/mol. The minimum atomic E-state index is -0.492. The van der Waals surface area contributed by atoms with E-state index in [4.69, 9.17) is 4.74 Å². The highest BCUT2D eigenvalue weighted by molar-refractivity contribution is 7.10. The molecule has 0 spiro atoms. The maximum absolute atomic E-state index is 12.0. The van der Waals surface area contributed by atoms with Gasteiger partial charge in [0.1, 0.15) is 5.60 Å². The van der Waals surface area contributed by atoms with Crippen molar-refractivity contribution in [3.8, 4) is 0 Å². The van der Waals surface area contributed by atoms with Gasteiger partial charge in [-0.2, -0.15) is 0 Å². The van der Waals surface area contributed by atoms with Crippen LogP contribution < -0.4 is 0 Å². The van der Waals surface area contributed by atoms with Crippen LogP contribution in [0.25, 0.3) is 0 Å². The molecule has 1 aliphatic rings. The van der Waals surface area contributed by atoms with E-state index >= 15 is 0 Å². The van der Waals surface area contributed by atoms with Gasteiger partial charge in [-0.3, -0.25) is 0 Å². The molecule has 0 bridgehead atoms. The normalized spacial score (nSPS) is 21.1. The molecule has 5 heteroatoms. The zero-order chi connectivity index (χ0) is 14.9.